The molecule has 192 valence electrons. The second kappa shape index (κ2) is 9.81. The highest BCUT2D eigenvalue weighted by atomic mass is 32.2. The van der Waals surface area contributed by atoms with Crippen LogP contribution in [0.2, 0.25) is 0 Å². The molecule has 5 rings (SSSR count). The van der Waals surface area contributed by atoms with Crippen LogP contribution in [-0.2, 0) is 14.8 Å². The van der Waals surface area contributed by atoms with Crippen LogP contribution in [0.5, 0.6) is 0 Å². The molecule has 11 heteroatoms. The molecule has 1 fully saturated rings. The minimum atomic E-state index is -3.77. The second-order valence-corrected chi connectivity index (χ2v) is 10.7. The number of halogens is 1. The minimum absolute atomic E-state index is 0.0156. The van der Waals surface area contributed by atoms with Gasteiger partial charge in [-0.2, -0.15) is 0 Å². The monoisotopic (exact) mass is 522 g/mol. The Hall–Kier alpha value is -3.99. The normalized spacial score (nSPS) is 15.1. The van der Waals surface area contributed by atoms with E-state index >= 15 is 0 Å². The van der Waals surface area contributed by atoms with Crippen molar-refractivity contribution in [2.75, 3.05) is 35.8 Å². The predicted molar refractivity (Wildman–Crippen MR) is 139 cm³/mol. The van der Waals surface area contributed by atoms with Crippen LogP contribution in [0.15, 0.2) is 72.0 Å². The van der Waals surface area contributed by atoms with Crippen LogP contribution in [-0.4, -0.2) is 59.9 Å². The fourth-order valence-electron chi connectivity index (χ4n) is 4.80. The first-order valence-electron chi connectivity index (χ1n) is 11.9. The lowest BCUT2D eigenvalue weighted by Gasteiger charge is -2.37. The summed E-state index contributed by atoms with van der Waals surface area (Å²) >= 11 is 0. The molecular weight excluding hydrogens is 495 g/mol. The molecule has 37 heavy (non-hydrogen) atoms. The van der Waals surface area contributed by atoms with E-state index in [1.165, 1.54) is 30.7 Å². The third-order valence-electron chi connectivity index (χ3n) is 6.66. The quantitative estimate of drug-likeness (QED) is 0.416. The molecule has 0 aliphatic carbocycles. The van der Waals surface area contributed by atoms with Crippen molar-refractivity contribution in [2.45, 2.75) is 24.8 Å². The van der Waals surface area contributed by atoms with Gasteiger partial charge in [0.15, 0.2) is 0 Å². The fourth-order valence-corrected chi connectivity index (χ4v) is 5.81. The van der Waals surface area contributed by atoms with Gasteiger partial charge in [0, 0.05) is 54.7 Å². The van der Waals surface area contributed by atoms with Gasteiger partial charge in [-0.25, -0.2) is 22.8 Å². The van der Waals surface area contributed by atoms with E-state index in [2.05, 4.69) is 19.6 Å². The summed E-state index contributed by atoms with van der Waals surface area (Å²) in [5.74, 6) is -0.0847. The van der Waals surface area contributed by atoms with Crippen LogP contribution < -0.4 is 9.62 Å². The summed E-state index contributed by atoms with van der Waals surface area (Å²) in [7, 11) is -3.77. The molecule has 1 amide bonds. The Bertz CT molecular complexity index is 1530. The summed E-state index contributed by atoms with van der Waals surface area (Å²) in [4.78, 5) is 25.1. The highest BCUT2D eigenvalue weighted by Gasteiger charge is 2.27. The van der Waals surface area contributed by atoms with Crippen LogP contribution in [0.25, 0.3) is 10.9 Å². The highest BCUT2D eigenvalue weighted by molar-refractivity contribution is 7.92. The molecule has 1 atom stereocenters. The van der Waals surface area contributed by atoms with Crippen molar-refractivity contribution in [2.24, 2.45) is 0 Å². The van der Waals surface area contributed by atoms with Gasteiger partial charge >= 0.3 is 0 Å². The summed E-state index contributed by atoms with van der Waals surface area (Å²) in [5.41, 5.74) is 2.63. The molecule has 0 radical (unpaired) electrons. The summed E-state index contributed by atoms with van der Waals surface area (Å²) in [6.07, 6.45) is 2.73. The maximum absolute atomic E-state index is 13.6. The Morgan fingerprint density at radius 3 is 2.43 bits per heavy atom. The molecule has 0 spiro atoms. The first-order chi connectivity index (χ1) is 17.7. The minimum Gasteiger partial charge on any atom is -0.368 e. The fraction of sp³-hybridized carbons (Fsp3) is 0.269. The van der Waals surface area contributed by atoms with Gasteiger partial charge < -0.3 is 14.4 Å². The molecule has 9 nitrogen and oxygen atoms in total. The van der Waals surface area contributed by atoms with Crippen LogP contribution in [0.1, 0.15) is 18.7 Å². The highest BCUT2D eigenvalue weighted by Crippen LogP contribution is 2.27. The molecule has 2 aromatic heterocycles. The van der Waals surface area contributed by atoms with Gasteiger partial charge in [0.1, 0.15) is 24.0 Å². The van der Waals surface area contributed by atoms with Crippen molar-refractivity contribution >= 4 is 38.3 Å². The Morgan fingerprint density at radius 1 is 1.03 bits per heavy atom. The number of nitrogens with zero attached hydrogens (tertiary/aromatic N) is 5. The van der Waals surface area contributed by atoms with E-state index in [1.807, 2.05) is 29.4 Å². The standard InChI is InChI=1S/C26H27FN6O3S/c1-18-15-20-16-21(27)3-8-24(20)33(18)19(2)26(34)32-13-11-31(12-14-32)22-4-6-23(7-5-22)37(35,36)30-25-9-10-28-17-29-25/h3-10,15-17,19H,11-14H2,1-2H3,(H,28,29,30). The van der Waals surface area contributed by atoms with E-state index in [-0.39, 0.29) is 22.4 Å². The number of hydrogen-bond donors (Lipinski definition) is 1. The summed E-state index contributed by atoms with van der Waals surface area (Å²) in [5, 5.41) is 0.777. The van der Waals surface area contributed by atoms with E-state index in [4.69, 9.17) is 0 Å². The van der Waals surface area contributed by atoms with Gasteiger partial charge in [-0.1, -0.05) is 0 Å². The van der Waals surface area contributed by atoms with Crippen LogP contribution >= 0.6 is 0 Å². The molecule has 1 saturated heterocycles. The Kier molecular flexibility index (Phi) is 6.55. The number of aryl methyl sites for hydroxylation is 1. The average Bonchev–Trinajstić information content (AvgIpc) is 3.23. The molecule has 1 N–H and O–H groups in total. The molecule has 2 aromatic carbocycles. The summed E-state index contributed by atoms with van der Waals surface area (Å²) < 4.78 is 43.3. The van der Waals surface area contributed by atoms with E-state index in [9.17, 15) is 17.6 Å². The Balaban J connectivity index is 1.23. The van der Waals surface area contributed by atoms with Crippen molar-refractivity contribution < 1.29 is 17.6 Å². The van der Waals surface area contributed by atoms with Crippen molar-refractivity contribution in [3.8, 4) is 0 Å². The van der Waals surface area contributed by atoms with Crippen molar-refractivity contribution in [1.29, 1.82) is 0 Å². The lowest BCUT2D eigenvalue weighted by atomic mass is 10.2. The van der Waals surface area contributed by atoms with Crippen LogP contribution in [0, 0.1) is 12.7 Å². The number of rotatable bonds is 6. The first kappa shape index (κ1) is 24.7. The maximum Gasteiger partial charge on any atom is 0.263 e. The zero-order valence-corrected chi connectivity index (χ0v) is 21.3. The molecule has 0 bridgehead atoms. The molecule has 1 unspecified atom stereocenters. The van der Waals surface area contributed by atoms with Crippen molar-refractivity contribution in [3.05, 3.63) is 78.6 Å². The zero-order valence-electron chi connectivity index (χ0n) is 20.5. The average molecular weight is 523 g/mol. The summed E-state index contributed by atoms with van der Waals surface area (Å²) in [6, 6.07) is 14.2. The number of hydrogen-bond acceptors (Lipinski definition) is 6. The lowest BCUT2D eigenvalue weighted by molar-refractivity contribution is -0.134. The zero-order chi connectivity index (χ0) is 26.2. The topological polar surface area (TPSA) is 100 Å². The molecule has 1 aliphatic heterocycles. The largest absolute Gasteiger partial charge is 0.368 e. The molecule has 0 saturated carbocycles. The number of benzene rings is 2. The number of aromatic nitrogens is 3. The van der Waals surface area contributed by atoms with E-state index in [0.29, 0.717) is 26.2 Å². The Morgan fingerprint density at radius 2 is 1.76 bits per heavy atom. The number of anilines is 2. The number of piperazine rings is 1. The van der Waals surface area contributed by atoms with Gasteiger partial charge in [0.25, 0.3) is 10.0 Å². The van der Waals surface area contributed by atoms with Gasteiger partial charge in [0.2, 0.25) is 5.91 Å². The first-order valence-corrected chi connectivity index (χ1v) is 13.4. The third-order valence-corrected chi connectivity index (χ3v) is 8.03. The second-order valence-electron chi connectivity index (χ2n) is 9.04. The maximum atomic E-state index is 13.6. The van der Waals surface area contributed by atoms with Gasteiger partial charge in [-0.15, -0.1) is 0 Å². The van der Waals surface area contributed by atoms with Crippen molar-refractivity contribution in [1.82, 2.24) is 19.4 Å². The SMILES string of the molecule is Cc1cc2cc(F)ccc2n1C(C)C(=O)N1CCN(c2ccc(S(=O)(=O)Nc3ccncn3)cc2)CC1. The number of amides is 1. The summed E-state index contributed by atoms with van der Waals surface area (Å²) in [6.45, 7) is 6.14. The smallest absolute Gasteiger partial charge is 0.263 e. The van der Waals surface area contributed by atoms with Crippen molar-refractivity contribution in [3.63, 3.8) is 0 Å². The van der Waals surface area contributed by atoms with Gasteiger partial charge in [-0.3, -0.25) is 9.52 Å². The molecule has 4 aromatic rings. The predicted octanol–water partition coefficient (Wildman–Crippen LogP) is 3.59. The number of carbonyl (C=O) groups is 1. The number of fused-ring (bicyclic) bond motifs is 1. The van der Waals surface area contributed by atoms with Gasteiger partial charge in [-0.05, 0) is 68.4 Å². The van der Waals surface area contributed by atoms with Crippen LogP contribution in [0.4, 0.5) is 15.9 Å². The van der Waals surface area contributed by atoms with E-state index < -0.39 is 16.1 Å². The molecule has 3 heterocycles. The van der Waals surface area contributed by atoms with E-state index in [1.54, 1.807) is 30.3 Å². The number of carbonyl (C=O) groups excluding carboxylic acids is 1. The van der Waals surface area contributed by atoms with E-state index in [0.717, 1.165) is 22.3 Å². The lowest BCUT2D eigenvalue weighted by Crippen LogP contribution is -2.50. The third kappa shape index (κ3) is 4.99. The molecular formula is C26H27FN6O3S. The number of sulfonamides is 1. The Labute approximate surface area is 214 Å². The van der Waals surface area contributed by atoms with Gasteiger partial charge in [0.05, 0.1) is 4.90 Å². The molecule has 1 aliphatic rings. The van der Waals surface area contributed by atoms with Crippen LogP contribution in [0.3, 0.4) is 0 Å². The number of nitrogens with one attached hydrogen (secondary N) is 1.